The van der Waals surface area contributed by atoms with Crippen LogP contribution in [0.1, 0.15) is 22.8 Å². The number of hydrogen-bond donors (Lipinski definition) is 1. The molecule has 104 valence electrons. The average molecular weight is 310 g/mol. The number of para-hydroxylation sites is 1. The van der Waals surface area contributed by atoms with Gasteiger partial charge in [0.25, 0.3) is 0 Å². The van der Waals surface area contributed by atoms with E-state index in [0.29, 0.717) is 39.2 Å². The molecule has 2 rings (SSSR count). The summed E-state index contributed by atoms with van der Waals surface area (Å²) in [5, 5.41) is 0.781. The second-order valence-corrected chi connectivity index (χ2v) is 4.95. The van der Waals surface area contributed by atoms with E-state index in [1.54, 1.807) is 30.3 Å². The van der Waals surface area contributed by atoms with Crippen molar-refractivity contribution in [1.29, 1.82) is 0 Å². The van der Waals surface area contributed by atoms with Gasteiger partial charge in [-0.2, -0.15) is 0 Å². The number of rotatable bonds is 4. The topological polar surface area (TPSA) is 52.3 Å². The minimum Gasteiger partial charge on any atom is -0.491 e. The molecule has 0 saturated carbocycles. The molecule has 0 aliphatic rings. The highest BCUT2D eigenvalue weighted by molar-refractivity contribution is 6.37. The molecule has 5 heteroatoms. The first-order chi connectivity index (χ1) is 9.54. The summed E-state index contributed by atoms with van der Waals surface area (Å²) in [6.45, 7) is 2.24. The third kappa shape index (κ3) is 2.89. The van der Waals surface area contributed by atoms with Crippen LogP contribution >= 0.6 is 23.2 Å². The number of ketones is 1. The van der Waals surface area contributed by atoms with Crippen molar-refractivity contribution in [3.8, 4) is 5.75 Å². The number of nitrogens with two attached hydrogens (primary N) is 1. The van der Waals surface area contributed by atoms with E-state index >= 15 is 0 Å². The van der Waals surface area contributed by atoms with Gasteiger partial charge >= 0.3 is 0 Å². The number of carbonyl (C=O) groups is 1. The average Bonchev–Trinajstić information content (AvgIpc) is 2.43. The maximum absolute atomic E-state index is 12.6. The Morgan fingerprint density at radius 2 is 1.95 bits per heavy atom. The van der Waals surface area contributed by atoms with Crippen molar-refractivity contribution >= 4 is 34.7 Å². The largest absolute Gasteiger partial charge is 0.491 e. The molecular formula is C15H13Cl2NO2. The van der Waals surface area contributed by atoms with Crippen LogP contribution in [0.2, 0.25) is 10.0 Å². The fourth-order valence-electron chi connectivity index (χ4n) is 1.86. The van der Waals surface area contributed by atoms with Crippen molar-refractivity contribution in [3.63, 3.8) is 0 Å². The summed E-state index contributed by atoms with van der Waals surface area (Å²) in [5.74, 6) is 0.101. The molecular weight excluding hydrogens is 297 g/mol. The standard InChI is InChI=1S/C15H13Cl2NO2/c1-2-20-15-10(4-3-5-13(15)18)14(19)11-8-9(16)6-7-12(11)17/h3-8H,2,18H2,1H3. The SMILES string of the molecule is CCOc1c(N)cccc1C(=O)c1cc(Cl)ccc1Cl. The zero-order valence-electron chi connectivity index (χ0n) is 10.8. The minimum absolute atomic E-state index is 0.270. The molecule has 0 amide bonds. The fourth-order valence-corrected chi connectivity index (χ4v) is 2.23. The Hall–Kier alpha value is -1.71. The first-order valence-electron chi connectivity index (χ1n) is 6.05. The van der Waals surface area contributed by atoms with Crippen molar-refractivity contribution in [2.24, 2.45) is 0 Å². The van der Waals surface area contributed by atoms with Crippen LogP contribution in [0.15, 0.2) is 36.4 Å². The van der Waals surface area contributed by atoms with Gasteiger partial charge in [0.05, 0.1) is 22.9 Å². The number of nitrogen functional groups attached to an aromatic ring is 1. The number of benzene rings is 2. The zero-order valence-corrected chi connectivity index (χ0v) is 12.3. The second kappa shape index (κ2) is 6.16. The van der Waals surface area contributed by atoms with E-state index < -0.39 is 0 Å². The van der Waals surface area contributed by atoms with Gasteiger partial charge in [-0.05, 0) is 37.3 Å². The zero-order chi connectivity index (χ0) is 14.7. The molecule has 2 N–H and O–H groups in total. The summed E-state index contributed by atoms with van der Waals surface area (Å²) in [6, 6.07) is 9.78. The molecule has 2 aromatic rings. The maximum Gasteiger partial charge on any atom is 0.198 e. The Balaban J connectivity index is 2.53. The molecule has 0 heterocycles. The van der Waals surface area contributed by atoms with Gasteiger partial charge in [-0.25, -0.2) is 0 Å². The number of hydrogen-bond acceptors (Lipinski definition) is 3. The van der Waals surface area contributed by atoms with Gasteiger partial charge in [0.15, 0.2) is 11.5 Å². The Bertz CT molecular complexity index is 656. The highest BCUT2D eigenvalue weighted by Gasteiger charge is 2.19. The summed E-state index contributed by atoms with van der Waals surface area (Å²) in [4.78, 5) is 12.6. The molecule has 2 aromatic carbocycles. The summed E-state index contributed by atoms with van der Waals surface area (Å²) >= 11 is 12.0. The van der Waals surface area contributed by atoms with Gasteiger partial charge in [-0.15, -0.1) is 0 Å². The monoisotopic (exact) mass is 309 g/mol. The molecule has 20 heavy (non-hydrogen) atoms. The van der Waals surface area contributed by atoms with Gasteiger partial charge < -0.3 is 10.5 Å². The number of halogens is 2. The lowest BCUT2D eigenvalue weighted by Crippen LogP contribution is -2.08. The molecule has 0 spiro atoms. The molecule has 0 fully saturated rings. The maximum atomic E-state index is 12.6. The lowest BCUT2D eigenvalue weighted by molar-refractivity contribution is 0.103. The fraction of sp³-hybridized carbons (Fsp3) is 0.133. The second-order valence-electron chi connectivity index (χ2n) is 4.11. The Morgan fingerprint density at radius 1 is 1.20 bits per heavy atom. The Labute approximate surface area is 127 Å². The van der Waals surface area contributed by atoms with Crippen molar-refractivity contribution in [3.05, 3.63) is 57.6 Å². The molecule has 0 unspecified atom stereocenters. The van der Waals surface area contributed by atoms with Crippen LogP contribution in [0.4, 0.5) is 5.69 Å². The normalized spacial score (nSPS) is 10.3. The van der Waals surface area contributed by atoms with Crippen LogP contribution in [0.5, 0.6) is 5.75 Å². The van der Waals surface area contributed by atoms with Crippen LogP contribution < -0.4 is 10.5 Å². The molecule has 0 saturated heterocycles. The van der Waals surface area contributed by atoms with E-state index in [9.17, 15) is 4.79 Å². The van der Waals surface area contributed by atoms with Crippen LogP contribution in [0.25, 0.3) is 0 Å². The molecule has 0 radical (unpaired) electrons. The van der Waals surface area contributed by atoms with Gasteiger partial charge in [0.2, 0.25) is 0 Å². The number of anilines is 1. The Kier molecular flexibility index (Phi) is 4.53. The van der Waals surface area contributed by atoms with Crippen molar-refractivity contribution in [2.75, 3.05) is 12.3 Å². The highest BCUT2D eigenvalue weighted by atomic mass is 35.5. The van der Waals surface area contributed by atoms with Gasteiger partial charge in [-0.1, -0.05) is 29.3 Å². The predicted molar refractivity (Wildman–Crippen MR) is 81.9 cm³/mol. The third-order valence-electron chi connectivity index (χ3n) is 2.75. The van der Waals surface area contributed by atoms with E-state index in [4.69, 9.17) is 33.7 Å². The molecule has 0 bridgehead atoms. The van der Waals surface area contributed by atoms with Crippen LogP contribution in [0, 0.1) is 0 Å². The predicted octanol–water partition coefficient (Wildman–Crippen LogP) is 4.21. The molecule has 0 atom stereocenters. The van der Waals surface area contributed by atoms with E-state index in [2.05, 4.69) is 0 Å². The summed E-state index contributed by atoms with van der Waals surface area (Å²) in [5.41, 5.74) is 6.96. The Morgan fingerprint density at radius 3 is 2.65 bits per heavy atom. The summed E-state index contributed by atoms with van der Waals surface area (Å²) in [6.07, 6.45) is 0. The highest BCUT2D eigenvalue weighted by Crippen LogP contribution is 2.31. The van der Waals surface area contributed by atoms with Gasteiger partial charge in [0.1, 0.15) is 0 Å². The summed E-state index contributed by atoms with van der Waals surface area (Å²) < 4.78 is 5.46. The molecule has 0 aliphatic carbocycles. The quantitative estimate of drug-likeness (QED) is 0.680. The number of carbonyl (C=O) groups excluding carboxylic acids is 1. The van der Waals surface area contributed by atoms with Gasteiger partial charge in [-0.3, -0.25) is 4.79 Å². The smallest absolute Gasteiger partial charge is 0.198 e. The van der Waals surface area contributed by atoms with Gasteiger partial charge in [0, 0.05) is 10.6 Å². The van der Waals surface area contributed by atoms with E-state index in [0.717, 1.165) is 0 Å². The van der Waals surface area contributed by atoms with E-state index in [1.165, 1.54) is 6.07 Å². The van der Waals surface area contributed by atoms with Crippen LogP contribution in [0.3, 0.4) is 0 Å². The minimum atomic E-state index is -0.270. The van der Waals surface area contributed by atoms with E-state index in [1.807, 2.05) is 6.92 Å². The van der Waals surface area contributed by atoms with Crippen molar-refractivity contribution < 1.29 is 9.53 Å². The van der Waals surface area contributed by atoms with Crippen molar-refractivity contribution in [1.82, 2.24) is 0 Å². The van der Waals surface area contributed by atoms with Crippen LogP contribution in [-0.2, 0) is 0 Å². The lowest BCUT2D eigenvalue weighted by Gasteiger charge is -2.12. The first kappa shape index (κ1) is 14.7. The van der Waals surface area contributed by atoms with Crippen molar-refractivity contribution in [2.45, 2.75) is 6.92 Å². The molecule has 3 nitrogen and oxygen atoms in total. The molecule has 0 aromatic heterocycles. The first-order valence-corrected chi connectivity index (χ1v) is 6.81. The number of ether oxygens (including phenoxy) is 1. The van der Waals surface area contributed by atoms with E-state index in [-0.39, 0.29) is 5.78 Å². The lowest BCUT2D eigenvalue weighted by atomic mass is 10.0. The third-order valence-corrected chi connectivity index (χ3v) is 3.32. The van der Waals surface area contributed by atoms with Crippen LogP contribution in [-0.4, -0.2) is 12.4 Å². The summed E-state index contributed by atoms with van der Waals surface area (Å²) in [7, 11) is 0. The molecule has 0 aliphatic heterocycles.